The lowest BCUT2D eigenvalue weighted by Crippen LogP contribution is -2.29. The zero-order valence-electron chi connectivity index (χ0n) is 16.8. The number of H-pyrrole nitrogens is 1. The first kappa shape index (κ1) is 19.7. The molecule has 0 aliphatic rings. The standard InChI is InChI=1S/C22H23N5O3/c1-25(13-15-9-5-3-6-10-15)21-23-19-18(20(29)24-22(30)26(19)2)27(21)14-17(28)16-11-7-4-8-12-16/h3-12,17,28H,13-14H2,1-2H3,(H,24,29,30)/t17-/m0/s1. The first-order valence-corrected chi connectivity index (χ1v) is 9.63. The summed E-state index contributed by atoms with van der Waals surface area (Å²) in [5.41, 5.74) is 1.28. The van der Waals surface area contributed by atoms with Crippen LogP contribution in [0.25, 0.3) is 11.2 Å². The summed E-state index contributed by atoms with van der Waals surface area (Å²) in [5, 5.41) is 10.8. The number of aliphatic hydroxyl groups is 1. The molecule has 2 aromatic heterocycles. The fraction of sp³-hybridized carbons (Fsp3) is 0.227. The number of fused-ring (bicyclic) bond motifs is 1. The molecule has 30 heavy (non-hydrogen) atoms. The van der Waals surface area contributed by atoms with E-state index in [0.29, 0.717) is 12.5 Å². The van der Waals surface area contributed by atoms with E-state index in [2.05, 4.69) is 9.97 Å². The number of anilines is 1. The van der Waals surface area contributed by atoms with Crippen LogP contribution in [0, 0.1) is 0 Å². The van der Waals surface area contributed by atoms with E-state index in [4.69, 9.17) is 0 Å². The molecule has 0 amide bonds. The van der Waals surface area contributed by atoms with Crippen molar-refractivity contribution in [1.82, 2.24) is 19.1 Å². The van der Waals surface area contributed by atoms with Crippen molar-refractivity contribution in [3.8, 4) is 0 Å². The normalized spacial score (nSPS) is 12.2. The predicted molar refractivity (Wildman–Crippen MR) is 116 cm³/mol. The second-order valence-electron chi connectivity index (χ2n) is 7.28. The van der Waals surface area contributed by atoms with Crippen LogP contribution >= 0.6 is 0 Å². The van der Waals surface area contributed by atoms with E-state index in [0.717, 1.165) is 11.1 Å². The average molecular weight is 405 g/mol. The maximum Gasteiger partial charge on any atom is 0.329 e. The van der Waals surface area contributed by atoms with Crippen molar-refractivity contribution >= 4 is 17.1 Å². The van der Waals surface area contributed by atoms with Gasteiger partial charge in [0.1, 0.15) is 0 Å². The second-order valence-corrected chi connectivity index (χ2v) is 7.28. The lowest BCUT2D eigenvalue weighted by atomic mass is 10.1. The van der Waals surface area contributed by atoms with E-state index in [1.807, 2.05) is 72.6 Å². The Balaban J connectivity index is 1.83. The molecule has 0 aliphatic heterocycles. The average Bonchev–Trinajstić information content (AvgIpc) is 3.13. The number of aliphatic hydroxyl groups excluding tert-OH is 1. The molecular weight excluding hydrogens is 382 g/mol. The maximum absolute atomic E-state index is 12.7. The van der Waals surface area contributed by atoms with Gasteiger partial charge in [0.05, 0.1) is 12.6 Å². The molecule has 8 heteroatoms. The largest absolute Gasteiger partial charge is 0.387 e. The summed E-state index contributed by atoms with van der Waals surface area (Å²) >= 11 is 0. The molecule has 2 aromatic carbocycles. The quantitative estimate of drug-likeness (QED) is 0.510. The minimum absolute atomic E-state index is 0.121. The van der Waals surface area contributed by atoms with Gasteiger partial charge in [0, 0.05) is 20.6 Å². The lowest BCUT2D eigenvalue weighted by Gasteiger charge is -2.21. The van der Waals surface area contributed by atoms with Crippen LogP contribution in [0.4, 0.5) is 5.95 Å². The Morgan fingerprint density at radius 3 is 2.37 bits per heavy atom. The molecule has 8 nitrogen and oxygen atoms in total. The first-order chi connectivity index (χ1) is 14.5. The van der Waals surface area contributed by atoms with E-state index in [1.54, 1.807) is 11.6 Å². The van der Waals surface area contributed by atoms with Gasteiger partial charge in [-0.3, -0.25) is 14.3 Å². The summed E-state index contributed by atoms with van der Waals surface area (Å²) in [6.07, 6.45) is -0.843. The molecule has 0 spiro atoms. The maximum atomic E-state index is 12.7. The topological polar surface area (TPSA) is 96.2 Å². The smallest absolute Gasteiger partial charge is 0.329 e. The van der Waals surface area contributed by atoms with Crippen LogP contribution in [0.2, 0.25) is 0 Å². The number of benzene rings is 2. The Labute approximate surface area is 172 Å². The van der Waals surface area contributed by atoms with Crippen molar-refractivity contribution in [2.75, 3.05) is 11.9 Å². The zero-order chi connectivity index (χ0) is 21.3. The van der Waals surface area contributed by atoms with Gasteiger partial charge >= 0.3 is 5.69 Å². The third-order valence-corrected chi connectivity index (χ3v) is 5.13. The highest BCUT2D eigenvalue weighted by molar-refractivity contribution is 5.74. The van der Waals surface area contributed by atoms with E-state index >= 15 is 0 Å². The van der Waals surface area contributed by atoms with Gasteiger partial charge in [0.2, 0.25) is 5.95 Å². The molecule has 0 aliphatic carbocycles. The van der Waals surface area contributed by atoms with Gasteiger partial charge in [-0.05, 0) is 11.1 Å². The highest BCUT2D eigenvalue weighted by Crippen LogP contribution is 2.24. The number of aromatic amines is 1. The van der Waals surface area contributed by atoms with Crippen molar-refractivity contribution in [2.24, 2.45) is 7.05 Å². The molecule has 4 aromatic rings. The van der Waals surface area contributed by atoms with Gasteiger partial charge in [-0.15, -0.1) is 0 Å². The molecule has 2 heterocycles. The van der Waals surface area contributed by atoms with Crippen molar-refractivity contribution in [2.45, 2.75) is 19.2 Å². The number of hydrogen-bond acceptors (Lipinski definition) is 5. The van der Waals surface area contributed by atoms with Crippen LogP contribution in [0.3, 0.4) is 0 Å². The minimum atomic E-state index is -0.843. The van der Waals surface area contributed by atoms with E-state index in [-0.39, 0.29) is 17.7 Å². The number of nitrogens with one attached hydrogen (secondary N) is 1. The van der Waals surface area contributed by atoms with Crippen LogP contribution in [0.1, 0.15) is 17.2 Å². The Hall–Kier alpha value is -3.65. The molecule has 0 saturated heterocycles. The fourth-order valence-corrected chi connectivity index (χ4v) is 3.57. The summed E-state index contributed by atoms with van der Waals surface area (Å²) in [4.78, 5) is 33.6. The Kier molecular flexibility index (Phi) is 5.24. The lowest BCUT2D eigenvalue weighted by molar-refractivity contribution is 0.158. The van der Waals surface area contributed by atoms with Crippen LogP contribution < -0.4 is 16.1 Å². The number of hydrogen-bond donors (Lipinski definition) is 2. The Morgan fingerprint density at radius 1 is 1.07 bits per heavy atom. The molecule has 2 N–H and O–H groups in total. The third-order valence-electron chi connectivity index (χ3n) is 5.13. The SMILES string of the molecule is CN(Cc1ccccc1)c1nc2c(c(=O)[nH]c(=O)n2C)n1C[C@H](O)c1ccccc1. The molecule has 0 fully saturated rings. The van der Waals surface area contributed by atoms with Gasteiger partial charge < -0.3 is 14.6 Å². The predicted octanol–water partition coefficient (Wildman–Crippen LogP) is 1.79. The van der Waals surface area contributed by atoms with Gasteiger partial charge in [-0.2, -0.15) is 4.98 Å². The van der Waals surface area contributed by atoms with Gasteiger partial charge in [0.15, 0.2) is 11.2 Å². The molecule has 0 radical (unpaired) electrons. The Morgan fingerprint density at radius 2 is 1.70 bits per heavy atom. The van der Waals surface area contributed by atoms with Crippen molar-refractivity contribution in [3.63, 3.8) is 0 Å². The van der Waals surface area contributed by atoms with E-state index < -0.39 is 17.4 Å². The van der Waals surface area contributed by atoms with Crippen LogP contribution in [-0.2, 0) is 20.1 Å². The summed E-state index contributed by atoms with van der Waals surface area (Å²) in [6, 6.07) is 19.1. The van der Waals surface area contributed by atoms with E-state index in [9.17, 15) is 14.7 Å². The highest BCUT2D eigenvalue weighted by atomic mass is 16.3. The zero-order valence-corrected chi connectivity index (χ0v) is 16.8. The summed E-state index contributed by atoms with van der Waals surface area (Å²) in [7, 11) is 3.43. The molecule has 0 saturated carbocycles. The van der Waals surface area contributed by atoms with Gasteiger partial charge in [-0.1, -0.05) is 60.7 Å². The monoisotopic (exact) mass is 405 g/mol. The van der Waals surface area contributed by atoms with Crippen molar-refractivity contribution in [1.29, 1.82) is 0 Å². The number of rotatable bonds is 6. The summed E-state index contributed by atoms with van der Waals surface area (Å²) < 4.78 is 2.98. The van der Waals surface area contributed by atoms with Gasteiger partial charge in [0.25, 0.3) is 5.56 Å². The first-order valence-electron chi connectivity index (χ1n) is 9.63. The minimum Gasteiger partial charge on any atom is -0.387 e. The highest BCUT2D eigenvalue weighted by Gasteiger charge is 2.22. The number of imidazole rings is 1. The summed E-state index contributed by atoms with van der Waals surface area (Å²) in [6.45, 7) is 0.674. The molecular formula is C22H23N5O3. The summed E-state index contributed by atoms with van der Waals surface area (Å²) in [5.74, 6) is 0.496. The second kappa shape index (κ2) is 8.00. The number of nitrogens with zero attached hydrogens (tertiary/aromatic N) is 4. The number of aryl methyl sites for hydroxylation is 1. The third kappa shape index (κ3) is 3.65. The van der Waals surface area contributed by atoms with E-state index in [1.165, 1.54) is 4.57 Å². The molecule has 1 atom stereocenters. The van der Waals surface area contributed by atoms with Crippen molar-refractivity contribution < 1.29 is 5.11 Å². The van der Waals surface area contributed by atoms with Crippen molar-refractivity contribution in [3.05, 3.63) is 92.6 Å². The van der Waals surface area contributed by atoms with Crippen LogP contribution in [0.5, 0.6) is 0 Å². The van der Waals surface area contributed by atoms with Gasteiger partial charge in [-0.25, -0.2) is 4.79 Å². The molecule has 0 bridgehead atoms. The van der Waals surface area contributed by atoms with Crippen LogP contribution in [-0.4, -0.2) is 31.3 Å². The number of aromatic nitrogens is 4. The molecule has 0 unspecified atom stereocenters. The molecule has 4 rings (SSSR count). The molecule has 154 valence electrons. The Bertz CT molecular complexity index is 1280. The fourth-order valence-electron chi connectivity index (χ4n) is 3.57. The van der Waals surface area contributed by atoms with Crippen LogP contribution in [0.15, 0.2) is 70.3 Å².